The third kappa shape index (κ3) is 19.0. The van der Waals surface area contributed by atoms with Gasteiger partial charge in [-0.3, -0.25) is 0 Å². The largest absolute Gasteiger partial charge is 0.493 e. The van der Waals surface area contributed by atoms with Crippen molar-refractivity contribution in [3.8, 4) is 11.5 Å². The van der Waals surface area contributed by atoms with Crippen LogP contribution in [0.5, 0.6) is 11.5 Å². The molecule has 34 heavy (non-hydrogen) atoms. The van der Waals surface area contributed by atoms with E-state index in [9.17, 15) is 4.79 Å². The first kappa shape index (κ1) is 33.7. The van der Waals surface area contributed by atoms with Crippen LogP contribution in [0.2, 0.25) is 0 Å². The maximum atomic E-state index is 10.6. The summed E-state index contributed by atoms with van der Waals surface area (Å²) in [4.78, 5) is 10.6. The van der Waals surface area contributed by atoms with Crippen LogP contribution in [0.1, 0.15) is 46.0 Å². The molecule has 2 rings (SSSR count). The Morgan fingerprint density at radius 2 is 1.71 bits per heavy atom. The van der Waals surface area contributed by atoms with Gasteiger partial charge in [0.1, 0.15) is 0 Å². The molecule has 0 unspecified atom stereocenters. The monoisotopic (exact) mass is 497 g/mol. The van der Waals surface area contributed by atoms with Gasteiger partial charge in [0.25, 0.3) is 0 Å². The van der Waals surface area contributed by atoms with E-state index in [1.54, 1.807) is 45.6 Å². The molecule has 1 fully saturated rings. The minimum Gasteiger partial charge on any atom is -0.493 e. The highest BCUT2D eigenvalue weighted by Gasteiger charge is 2.07. The molecule has 1 aromatic carbocycles. The summed E-state index contributed by atoms with van der Waals surface area (Å²) in [6.07, 6.45) is 12.2. The van der Waals surface area contributed by atoms with E-state index in [4.69, 9.17) is 32.5 Å². The number of rotatable bonds is 7. The lowest BCUT2D eigenvalue weighted by molar-refractivity contribution is 0.259. The fourth-order valence-corrected chi connectivity index (χ4v) is 2.85. The Kier molecular flexibility index (Phi) is 22.1. The van der Waals surface area contributed by atoms with Crippen molar-refractivity contribution in [1.82, 2.24) is 0 Å². The maximum absolute atomic E-state index is 10.6. The Labute approximate surface area is 211 Å². The van der Waals surface area contributed by atoms with E-state index in [-0.39, 0.29) is 0 Å². The molecule has 0 bridgehead atoms. The Bertz CT molecular complexity index is 746. The summed E-state index contributed by atoms with van der Waals surface area (Å²) in [5, 5.41) is 3.09. The second kappa shape index (κ2) is 22.3. The third-order valence-electron chi connectivity index (χ3n) is 4.56. The van der Waals surface area contributed by atoms with Gasteiger partial charge in [0.15, 0.2) is 11.5 Å². The van der Waals surface area contributed by atoms with Gasteiger partial charge in [0.05, 0.1) is 14.2 Å². The van der Waals surface area contributed by atoms with Gasteiger partial charge in [0, 0.05) is 31.0 Å². The van der Waals surface area contributed by atoms with E-state index >= 15 is 0 Å². The number of primary amides is 1. The molecule has 1 aromatic rings. The van der Waals surface area contributed by atoms with E-state index < -0.39 is 6.03 Å². The number of hydrogen-bond acceptors (Lipinski definition) is 5. The van der Waals surface area contributed by atoms with Gasteiger partial charge in [-0.2, -0.15) is 0 Å². The second-order valence-electron chi connectivity index (χ2n) is 7.66. The number of urea groups is 1. The zero-order chi connectivity index (χ0) is 26.4. The number of nitrogens with two attached hydrogens (primary N) is 2. The maximum Gasteiger partial charge on any atom is 0.316 e. The van der Waals surface area contributed by atoms with Gasteiger partial charge in [-0.25, -0.2) is 4.79 Å². The number of nitrogens with one attached hydrogen (secondary N) is 1. The Morgan fingerprint density at radius 1 is 1.15 bits per heavy atom. The highest BCUT2D eigenvalue weighted by Crippen LogP contribution is 2.29. The highest BCUT2D eigenvalue weighted by atomic mass is 35.5. The molecular weight excluding hydrogens is 454 g/mol. The first-order chi connectivity index (χ1) is 16.2. The van der Waals surface area contributed by atoms with Crippen molar-refractivity contribution in [2.75, 3.05) is 40.3 Å². The van der Waals surface area contributed by atoms with Crippen LogP contribution < -0.4 is 26.3 Å². The van der Waals surface area contributed by atoms with Crippen molar-refractivity contribution >= 4 is 23.3 Å². The Hall–Kier alpha value is -2.48. The SMILES string of the molecule is C=C/C(Cl)=C\C=C(/C)CCN.CC1CCCC1.COC.COc1ccc(NC(N)=O)cc1OC. The minimum atomic E-state index is -0.614. The molecule has 8 heteroatoms. The fourth-order valence-electron chi connectivity index (χ4n) is 2.79. The fraction of sp³-hybridized carbons (Fsp3) is 0.500. The van der Waals surface area contributed by atoms with Crippen LogP contribution in [0.15, 0.2) is 53.6 Å². The third-order valence-corrected chi connectivity index (χ3v) is 4.84. The van der Waals surface area contributed by atoms with E-state index in [2.05, 4.69) is 23.6 Å². The number of carbonyl (C=O) groups excluding carboxylic acids is 1. The molecule has 5 N–H and O–H groups in total. The lowest BCUT2D eigenvalue weighted by Gasteiger charge is -2.09. The normalized spacial score (nSPS) is 13.2. The van der Waals surface area contributed by atoms with Crippen LogP contribution in [0.25, 0.3) is 0 Å². The average Bonchev–Trinajstić information content (AvgIpc) is 3.29. The van der Waals surface area contributed by atoms with Crippen LogP contribution in [0.4, 0.5) is 10.5 Å². The van der Waals surface area contributed by atoms with Crippen LogP contribution >= 0.6 is 11.6 Å². The molecule has 194 valence electrons. The Morgan fingerprint density at radius 3 is 2.09 bits per heavy atom. The predicted octanol–water partition coefficient (Wildman–Crippen LogP) is 6.24. The molecule has 0 atom stereocenters. The number of amides is 2. The zero-order valence-corrected chi connectivity index (χ0v) is 22.4. The summed E-state index contributed by atoms with van der Waals surface area (Å²) in [6, 6.07) is 4.37. The number of allylic oxidation sites excluding steroid dienone is 4. The van der Waals surface area contributed by atoms with Gasteiger partial charge in [-0.05, 0) is 44.0 Å². The van der Waals surface area contributed by atoms with Crippen LogP contribution in [0, 0.1) is 5.92 Å². The molecule has 0 saturated heterocycles. The molecule has 2 amide bonds. The summed E-state index contributed by atoms with van der Waals surface area (Å²) in [5.41, 5.74) is 12.1. The summed E-state index contributed by atoms with van der Waals surface area (Å²) in [7, 11) is 6.31. The van der Waals surface area contributed by atoms with E-state index in [1.807, 2.05) is 19.1 Å². The molecule has 1 aliphatic rings. The van der Waals surface area contributed by atoms with Crippen molar-refractivity contribution in [3.05, 3.63) is 53.6 Å². The van der Waals surface area contributed by atoms with E-state index in [0.717, 1.165) is 12.3 Å². The topological polar surface area (TPSA) is 109 Å². The number of carbonyl (C=O) groups is 1. The van der Waals surface area contributed by atoms with Gasteiger partial charge in [-0.1, -0.05) is 68.5 Å². The summed E-state index contributed by atoms with van der Waals surface area (Å²) >= 11 is 5.68. The van der Waals surface area contributed by atoms with Gasteiger partial charge >= 0.3 is 6.03 Å². The summed E-state index contributed by atoms with van der Waals surface area (Å²) < 4.78 is 14.3. The van der Waals surface area contributed by atoms with Crippen molar-refractivity contribution in [2.24, 2.45) is 17.4 Å². The van der Waals surface area contributed by atoms with Crippen molar-refractivity contribution in [3.63, 3.8) is 0 Å². The molecule has 0 aromatic heterocycles. The molecule has 7 nitrogen and oxygen atoms in total. The standard InChI is InChI=1S/C9H14ClN.C9H12N2O3.C6H12.C2H6O/c1-3-9(10)5-4-8(2)6-7-11;1-13-7-4-3-6(11-9(10)12)5-8(7)14-2;1-6-4-2-3-5-6;1-3-2/h3-5H,1,6-7,11H2,2H3;3-5H,1-2H3,(H3,10,11,12);6H,2-5H2,1H3;1-2H3/b8-4+,9-5+;;;. The molecule has 1 aliphatic carbocycles. The lowest BCUT2D eigenvalue weighted by atomic mass is 10.2. The minimum absolute atomic E-state index is 0.541. The van der Waals surface area contributed by atoms with Crippen molar-refractivity contribution in [1.29, 1.82) is 0 Å². The molecule has 1 saturated carbocycles. The number of ether oxygens (including phenoxy) is 3. The van der Waals surface area contributed by atoms with Gasteiger partial charge in [0.2, 0.25) is 0 Å². The number of anilines is 1. The average molecular weight is 498 g/mol. The van der Waals surface area contributed by atoms with E-state index in [1.165, 1.54) is 38.4 Å². The lowest BCUT2D eigenvalue weighted by Crippen LogP contribution is -2.19. The number of methoxy groups -OCH3 is 3. The molecule has 0 heterocycles. The Balaban J connectivity index is 0. The summed E-state index contributed by atoms with van der Waals surface area (Å²) in [6.45, 7) is 8.58. The predicted molar refractivity (Wildman–Crippen MR) is 145 cm³/mol. The van der Waals surface area contributed by atoms with Crippen LogP contribution in [-0.2, 0) is 4.74 Å². The van der Waals surface area contributed by atoms with Crippen molar-refractivity contribution < 1.29 is 19.0 Å². The number of benzene rings is 1. The first-order valence-electron chi connectivity index (χ1n) is 11.2. The first-order valence-corrected chi connectivity index (χ1v) is 11.6. The molecular formula is C26H44ClN3O4. The van der Waals surface area contributed by atoms with Gasteiger partial charge in [-0.15, -0.1) is 0 Å². The highest BCUT2D eigenvalue weighted by molar-refractivity contribution is 6.31. The smallest absolute Gasteiger partial charge is 0.316 e. The van der Waals surface area contributed by atoms with Crippen LogP contribution in [0.3, 0.4) is 0 Å². The molecule has 0 radical (unpaired) electrons. The van der Waals surface area contributed by atoms with Gasteiger partial charge < -0.3 is 31.0 Å². The number of halogens is 1. The quantitative estimate of drug-likeness (QED) is 0.386. The second-order valence-corrected chi connectivity index (χ2v) is 8.10. The van der Waals surface area contributed by atoms with E-state index in [0.29, 0.717) is 28.8 Å². The molecule has 0 spiro atoms. The molecule has 0 aliphatic heterocycles. The zero-order valence-electron chi connectivity index (χ0n) is 21.7. The van der Waals surface area contributed by atoms with Crippen LogP contribution in [-0.4, -0.2) is 41.0 Å². The van der Waals surface area contributed by atoms with Crippen molar-refractivity contribution in [2.45, 2.75) is 46.0 Å². The summed E-state index contributed by atoms with van der Waals surface area (Å²) in [5.74, 6) is 2.19. The number of hydrogen-bond donors (Lipinski definition) is 3.